The molecule has 0 amide bonds. The van der Waals surface area contributed by atoms with E-state index in [1.165, 1.54) is 12.8 Å². The Hall–Kier alpha value is -2.04. The van der Waals surface area contributed by atoms with E-state index >= 15 is 0 Å². The van der Waals surface area contributed by atoms with Crippen LogP contribution >= 0.6 is 0 Å². The van der Waals surface area contributed by atoms with Crippen molar-refractivity contribution >= 4 is 11.6 Å². The van der Waals surface area contributed by atoms with Crippen LogP contribution in [0, 0.1) is 6.92 Å². The average Bonchev–Trinajstić information content (AvgIpc) is 3.17. The summed E-state index contributed by atoms with van der Waals surface area (Å²) in [6, 6.07) is 3.96. The quantitative estimate of drug-likeness (QED) is 0.844. The van der Waals surface area contributed by atoms with Crippen LogP contribution in [0.25, 0.3) is 0 Å². The highest BCUT2D eigenvalue weighted by Gasteiger charge is 2.28. The van der Waals surface area contributed by atoms with Crippen molar-refractivity contribution in [3.05, 3.63) is 35.5 Å². The lowest BCUT2D eigenvalue weighted by Gasteiger charge is -2.17. The van der Waals surface area contributed by atoms with E-state index in [0.29, 0.717) is 5.92 Å². The van der Waals surface area contributed by atoms with Crippen molar-refractivity contribution in [3.8, 4) is 0 Å². The molecule has 2 heterocycles. The summed E-state index contributed by atoms with van der Waals surface area (Å²) in [5.74, 6) is 4.22. The second kappa shape index (κ2) is 5.76. The van der Waals surface area contributed by atoms with E-state index < -0.39 is 0 Å². The zero-order valence-corrected chi connectivity index (χ0v) is 12.8. The molecule has 0 aromatic carbocycles. The van der Waals surface area contributed by atoms with Gasteiger partial charge >= 0.3 is 0 Å². The maximum atomic E-state index is 5.45. The molecular formula is C16H22N4O. The molecule has 1 atom stereocenters. The van der Waals surface area contributed by atoms with Gasteiger partial charge in [0.05, 0.1) is 12.3 Å². The lowest BCUT2D eigenvalue weighted by atomic mass is 10.2. The van der Waals surface area contributed by atoms with Crippen molar-refractivity contribution < 1.29 is 4.42 Å². The fourth-order valence-electron chi connectivity index (χ4n) is 2.35. The van der Waals surface area contributed by atoms with Gasteiger partial charge in [-0.25, -0.2) is 9.97 Å². The SMILES string of the molecule is CCNc1nc(C2CC2)nc(NC(C)c2ccco2)c1C. The normalized spacial score (nSPS) is 15.8. The van der Waals surface area contributed by atoms with Gasteiger partial charge in [-0.3, -0.25) is 0 Å². The summed E-state index contributed by atoms with van der Waals surface area (Å²) in [5.41, 5.74) is 1.06. The van der Waals surface area contributed by atoms with Gasteiger partial charge in [0.15, 0.2) is 0 Å². The number of furan rings is 1. The largest absolute Gasteiger partial charge is 0.467 e. The molecule has 0 spiro atoms. The number of hydrogen-bond acceptors (Lipinski definition) is 5. The first-order valence-electron chi connectivity index (χ1n) is 7.61. The number of anilines is 2. The highest BCUT2D eigenvalue weighted by molar-refractivity contribution is 5.58. The van der Waals surface area contributed by atoms with Crippen molar-refractivity contribution in [1.29, 1.82) is 0 Å². The van der Waals surface area contributed by atoms with Gasteiger partial charge in [0, 0.05) is 18.0 Å². The summed E-state index contributed by atoms with van der Waals surface area (Å²) in [4.78, 5) is 9.39. The molecule has 0 radical (unpaired) electrons. The lowest BCUT2D eigenvalue weighted by Crippen LogP contribution is -2.13. The smallest absolute Gasteiger partial charge is 0.136 e. The Labute approximate surface area is 125 Å². The molecule has 1 aliphatic rings. The van der Waals surface area contributed by atoms with E-state index in [0.717, 1.165) is 35.3 Å². The third kappa shape index (κ3) is 3.01. The topological polar surface area (TPSA) is 63.0 Å². The van der Waals surface area contributed by atoms with E-state index in [4.69, 9.17) is 9.40 Å². The molecule has 0 bridgehead atoms. The number of rotatable bonds is 6. The van der Waals surface area contributed by atoms with Crippen LogP contribution in [0.1, 0.15) is 55.8 Å². The van der Waals surface area contributed by atoms with Crippen molar-refractivity contribution in [2.75, 3.05) is 17.2 Å². The third-order valence-electron chi connectivity index (χ3n) is 3.77. The summed E-state index contributed by atoms with van der Waals surface area (Å²) >= 11 is 0. The molecule has 1 saturated carbocycles. The molecule has 5 nitrogen and oxygen atoms in total. The Morgan fingerprint density at radius 2 is 2.10 bits per heavy atom. The van der Waals surface area contributed by atoms with Gasteiger partial charge in [-0.1, -0.05) is 0 Å². The number of aromatic nitrogens is 2. The molecular weight excluding hydrogens is 264 g/mol. The Balaban J connectivity index is 1.88. The third-order valence-corrected chi connectivity index (χ3v) is 3.77. The molecule has 2 aromatic heterocycles. The van der Waals surface area contributed by atoms with E-state index in [2.05, 4.69) is 29.5 Å². The molecule has 1 fully saturated rings. The average molecular weight is 286 g/mol. The number of hydrogen-bond donors (Lipinski definition) is 2. The first kappa shape index (κ1) is 13.9. The molecule has 3 rings (SSSR count). The second-order valence-corrected chi connectivity index (χ2v) is 5.59. The van der Waals surface area contributed by atoms with Gasteiger partial charge in [-0.2, -0.15) is 0 Å². The highest BCUT2D eigenvalue weighted by Crippen LogP contribution is 2.39. The molecule has 2 aromatic rings. The molecule has 0 saturated heterocycles. The Morgan fingerprint density at radius 3 is 2.71 bits per heavy atom. The molecule has 2 N–H and O–H groups in total. The summed E-state index contributed by atoms with van der Waals surface area (Å²) in [6.45, 7) is 7.06. The maximum Gasteiger partial charge on any atom is 0.136 e. The van der Waals surface area contributed by atoms with Crippen LogP contribution in [0.15, 0.2) is 22.8 Å². The summed E-state index contributed by atoms with van der Waals surface area (Å²) < 4.78 is 5.45. The van der Waals surface area contributed by atoms with E-state index in [1.807, 2.05) is 19.1 Å². The van der Waals surface area contributed by atoms with Gasteiger partial charge < -0.3 is 15.1 Å². The number of nitrogens with one attached hydrogen (secondary N) is 2. The second-order valence-electron chi connectivity index (χ2n) is 5.59. The maximum absolute atomic E-state index is 5.45. The van der Waals surface area contributed by atoms with Gasteiger partial charge in [-0.15, -0.1) is 0 Å². The monoisotopic (exact) mass is 286 g/mol. The molecule has 21 heavy (non-hydrogen) atoms. The minimum Gasteiger partial charge on any atom is -0.467 e. The van der Waals surface area contributed by atoms with Crippen molar-refractivity contribution in [2.45, 2.75) is 45.6 Å². The Kier molecular flexibility index (Phi) is 3.82. The fraction of sp³-hybridized carbons (Fsp3) is 0.500. The molecule has 1 aliphatic carbocycles. The van der Waals surface area contributed by atoms with Crippen LogP contribution in [0.2, 0.25) is 0 Å². The predicted octanol–water partition coefficient (Wildman–Crippen LogP) is 3.86. The van der Waals surface area contributed by atoms with E-state index in [1.54, 1.807) is 6.26 Å². The summed E-state index contributed by atoms with van der Waals surface area (Å²) in [5, 5.41) is 6.78. The first-order valence-corrected chi connectivity index (χ1v) is 7.61. The van der Waals surface area contributed by atoms with Crippen LogP contribution in [-0.2, 0) is 0 Å². The number of nitrogens with zero attached hydrogens (tertiary/aromatic N) is 2. The highest BCUT2D eigenvalue weighted by atomic mass is 16.3. The zero-order chi connectivity index (χ0) is 14.8. The minimum atomic E-state index is 0.0788. The Morgan fingerprint density at radius 1 is 1.33 bits per heavy atom. The summed E-state index contributed by atoms with van der Waals surface area (Å²) in [7, 11) is 0. The predicted molar refractivity (Wildman–Crippen MR) is 83.7 cm³/mol. The molecule has 5 heteroatoms. The van der Waals surface area contributed by atoms with Gasteiger partial charge in [0.2, 0.25) is 0 Å². The van der Waals surface area contributed by atoms with Crippen LogP contribution in [0.4, 0.5) is 11.6 Å². The minimum absolute atomic E-state index is 0.0788. The molecule has 0 aliphatic heterocycles. The molecule has 1 unspecified atom stereocenters. The van der Waals surface area contributed by atoms with Crippen LogP contribution in [0.5, 0.6) is 0 Å². The van der Waals surface area contributed by atoms with Gasteiger partial charge in [-0.05, 0) is 45.7 Å². The fourth-order valence-corrected chi connectivity index (χ4v) is 2.35. The van der Waals surface area contributed by atoms with Gasteiger partial charge in [0.25, 0.3) is 0 Å². The van der Waals surface area contributed by atoms with Crippen molar-refractivity contribution in [1.82, 2.24) is 9.97 Å². The van der Waals surface area contributed by atoms with Gasteiger partial charge in [0.1, 0.15) is 23.2 Å². The standard InChI is InChI=1S/C16H22N4O/c1-4-17-14-10(2)15(20-16(19-14)12-7-8-12)18-11(3)13-6-5-9-21-13/h5-6,9,11-12H,4,7-8H2,1-3H3,(H2,17,18,19,20). The van der Waals surface area contributed by atoms with Crippen LogP contribution in [0.3, 0.4) is 0 Å². The van der Waals surface area contributed by atoms with Crippen LogP contribution < -0.4 is 10.6 Å². The lowest BCUT2D eigenvalue weighted by molar-refractivity contribution is 0.490. The van der Waals surface area contributed by atoms with Crippen molar-refractivity contribution in [3.63, 3.8) is 0 Å². The van der Waals surface area contributed by atoms with Crippen molar-refractivity contribution in [2.24, 2.45) is 0 Å². The van der Waals surface area contributed by atoms with Crippen LogP contribution in [-0.4, -0.2) is 16.5 Å². The molecule has 112 valence electrons. The Bertz CT molecular complexity index is 605. The van der Waals surface area contributed by atoms with E-state index in [9.17, 15) is 0 Å². The summed E-state index contributed by atoms with van der Waals surface area (Å²) in [6.07, 6.45) is 4.09. The zero-order valence-electron chi connectivity index (χ0n) is 12.8. The first-order chi connectivity index (χ1) is 10.2. The van der Waals surface area contributed by atoms with E-state index in [-0.39, 0.29) is 6.04 Å².